The standard InChI is InChI=1S/C5H8O4P/c1-4-2-3-5(4,6)10(7,8)9/h2,4,6H,1H3,(H2,7,8,9). The van der Waals surface area contributed by atoms with Crippen molar-refractivity contribution in [2.75, 3.05) is 0 Å². The Labute approximate surface area is 58.3 Å². The van der Waals surface area contributed by atoms with E-state index in [-0.39, 0.29) is 0 Å². The van der Waals surface area contributed by atoms with Gasteiger partial charge < -0.3 is 14.9 Å². The third kappa shape index (κ3) is 0.847. The van der Waals surface area contributed by atoms with Gasteiger partial charge in [0.1, 0.15) is 0 Å². The average Bonchev–Trinajstić information content (AvgIpc) is 1.80. The zero-order valence-electron chi connectivity index (χ0n) is 5.35. The largest absolute Gasteiger partial charge is 0.373 e. The van der Waals surface area contributed by atoms with Crippen LogP contribution in [0, 0.1) is 12.0 Å². The van der Waals surface area contributed by atoms with E-state index in [9.17, 15) is 4.57 Å². The van der Waals surface area contributed by atoms with Crippen LogP contribution in [-0.2, 0) is 4.57 Å². The fourth-order valence-corrected chi connectivity index (χ4v) is 1.60. The average molecular weight is 163 g/mol. The van der Waals surface area contributed by atoms with Crippen molar-refractivity contribution >= 4 is 7.60 Å². The highest BCUT2D eigenvalue weighted by molar-refractivity contribution is 7.53. The van der Waals surface area contributed by atoms with Gasteiger partial charge in [0.2, 0.25) is 0 Å². The second-order valence-corrected chi connectivity index (χ2v) is 4.14. The molecule has 0 saturated carbocycles. The summed E-state index contributed by atoms with van der Waals surface area (Å²) >= 11 is 0. The zero-order chi connectivity index (χ0) is 7.99. The van der Waals surface area contributed by atoms with Gasteiger partial charge in [-0.1, -0.05) is 13.0 Å². The SMILES string of the molecule is CC1C=[C]C1(O)P(=O)(O)O. The summed E-state index contributed by atoms with van der Waals surface area (Å²) in [7, 11) is -4.42. The van der Waals surface area contributed by atoms with Gasteiger partial charge in [-0.15, -0.1) is 0 Å². The quantitative estimate of drug-likeness (QED) is 0.470. The van der Waals surface area contributed by atoms with E-state index in [1.807, 2.05) is 0 Å². The summed E-state index contributed by atoms with van der Waals surface area (Å²) in [6.07, 6.45) is 3.61. The van der Waals surface area contributed by atoms with Crippen molar-refractivity contribution in [2.45, 2.75) is 12.3 Å². The van der Waals surface area contributed by atoms with Gasteiger partial charge in [-0.2, -0.15) is 0 Å². The molecule has 1 radical (unpaired) electrons. The highest BCUT2D eigenvalue weighted by atomic mass is 31.2. The van der Waals surface area contributed by atoms with E-state index >= 15 is 0 Å². The lowest BCUT2D eigenvalue weighted by atomic mass is 9.93. The molecule has 0 amide bonds. The number of rotatable bonds is 1. The fourth-order valence-electron chi connectivity index (χ4n) is 0.748. The minimum absolute atomic E-state index is 0.506. The highest BCUT2D eigenvalue weighted by Crippen LogP contribution is 2.57. The summed E-state index contributed by atoms with van der Waals surface area (Å²) in [6.45, 7) is 1.52. The predicted molar refractivity (Wildman–Crippen MR) is 34.0 cm³/mol. The summed E-state index contributed by atoms with van der Waals surface area (Å²) in [6, 6.07) is 0. The lowest BCUT2D eigenvalue weighted by Crippen LogP contribution is -2.39. The summed E-state index contributed by atoms with van der Waals surface area (Å²) in [5, 5.41) is 7.09. The Balaban J connectivity index is 2.94. The molecule has 1 rings (SSSR count). The molecule has 10 heavy (non-hydrogen) atoms. The van der Waals surface area contributed by atoms with E-state index in [1.54, 1.807) is 0 Å². The first kappa shape index (κ1) is 7.95. The van der Waals surface area contributed by atoms with Gasteiger partial charge in [-0.3, -0.25) is 4.57 Å². The Bertz CT molecular complexity index is 218. The molecule has 3 N–H and O–H groups in total. The van der Waals surface area contributed by atoms with Gasteiger partial charge in [0.25, 0.3) is 0 Å². The van der Waals surface area contributed by atoms with Gasteiger partial charge in [0, 0.05) is 5.92 Å². The van der Waals surface area contributed by atoms with Gasteiger partial charge in [-0.25, -0.2) is 0 Å². The molecule has 5 heteroatoms. The number of aliphatic hydroxyl groups is 1. The van der Waals surface area contributed by atoms with Crippen molar-refractivity contribution in [2.24, 2.45) is 5.92 Å². The Morgan fingerprint density at radius 2 is 2.20 bits per heavy atom. The van der Waals surface area contributed by atoms with Crippen LogP contribution >= 0.6 is 7.60 Å². The van der Waals surface area contributed by atoms with Crippen LogP contribution in [0.2, 0.25) is 0 Å². The van der Waals surface area contributed by atoms with Crippen molar-refractivity contribution in [3.63, 3.8) is 0 Å². The topological polar surface area (TPSA) is 77.8 Å². The first-order chi connectivity index (χ1) is 4.38. The molecule has 0 spiro atoms. The maximum absolute atomic E-state index is 10.5. The van der Waals surface area contributed by atoms with Crippen molar-refractivity contribution in [1.82, 2.24) is 0 Å². The predicted octanol–water partition coefficient (Wildman–Crippen LogP) is -0.138. The molecule has 0 aromatic carbocycles. The van der Waals surface area contributed by atoms with Crippen LogP contribution in [0.15, 0.2) is 6.08 Å². The molecule has 0 heterocycles. The van der Waals surface area contributed by atoms with Gasteiger partial charge in [-0.05, 0) is 6.08 Å². The molecule has 1 aliphatic carbocycles. The monoisotopic (exact) mass is 163 g/mol. The Morgan fingerprint density at radius 1 is 1.70 bits per heavy atom. The molecule has 1 aliphatic rings. The lowest BCUT2D eigenvalue weighted by molar-refractivity contribution is 0.0749. The molecule has 57 valence electrons. The number of hydrogen-bond acceptors (Lipinski definition) is 2. The third-order valence-corrected chi connectivity index (χ3v) is 3.05. The summed E-state index contributed by atoms with van der Waals surface area (Å²) in [5.74, 6) is -0.506. The Kier molecular flexibility index (Phi) is 1.53. The van der Waals surface area contributed by atoms with Crippen LogP contribution in [-0.4, -0.2) is 20.2 Å². The Morgan fingerprint density at radius 3 is 2.20 bits per heavy atom. The minimum atomic E-state index is -4.42. The van der Waals surface area contributed by atoms with E-state index in [0.717, 1.165) is 0 Å². The summed E-state index contributed by atoms with van der Waals surface area (Å²) in [4.78, 5) is 17.1. The fraction of sp³-hybridized carbons (Fsp3) is 0.600. The molecule has 2 unspecified atom stereocenters. The van der Waals surface area contributed by atoms with E-state index in [4.69, 9.17) is 14.9 Å². The van der Waals surface area contributed by atoms with Gasteiger partial charge >= 0.3 is 7.60 Å². The summed E-state index contributed by atoms with van der Waals surface area (Å²) < 4.78 is 10.5. The normalized spacial score (nSPS) is 39.4. The molecule has 0 saturated heterocycles. The molecule has 0 aliphatic heterocycles. The zero-order valence-corrected chi connectivity index (χ0v) is 6.25. The third-order valence-electron chi connectivity index (χ3n) is 1.62. The van der Waals surface area contributed by atoms with Crippen LogP contribution < -0.4 is 0 Å². The van der Waals surface area contributed by atoms with Crippen LogP contribution in [0.25, 0.3) is 0 Å². The molecule has 0 aromatic heterocycles. The van der Waals surface area contributed by atoms with Gasteiger partial charge in [0.05, 0.1) is 0 Å². The smallest absolute Gasteiger partial charge is 0.362 e. The molecular weight excluding hydrogens is 155 g/mol. The maximum Gasteiger partial charge on any atom is 0.362 e. The van der Waals surface area contributed by atoms with Crippen molar-refractivity contribution in [3.8, 4) is 0 Å². The second kappa shape index (κ2) is 1.92. The van der Waals surface area contributed by atoms with Crippen LogP contribution in [0.1, 0.15) is 6.92 Å². The first-order valence-electron chi connectivity index (χ1n) is 2.77. The minimum Gasteiger partial charge on any atom is -0.373 e. The van der Waals surface area contributed by atoms with Crippen LogP contribution in [0.3, 0.4) is 0 Å². The van der Waals surface area contributed by atoms with E-state index in [1.165, 1.54) is 13.0 Å². The molecular formula is C5H8O4P. The maximum atomic E-state index is 10.5. The molecule has 0 fully saturated rings. The molecule has 2 atom stereocenters. The Hall–Kier alpha value is -0.150. The summed E-state index contributed by atoms with van der Waals surface area (Å²) in [5.41, 5.74) is 0. The first-order valence-corrected chi connectivity index (χ1v) is 4.38. The van der Waals surface area contributed by atoms with E-state index in [2.05, 4.69) is 6.08 Å². The van der Waals surface area contributed by atoms with Crippen molar-refractivity contribution < 1.29 is 19.5 Å². The van der Waals surface area contributed by atoms with Crippen molar-refractivity contribution in [3.05, 3.63) is 12.2 Å². The number of hydrogen-bond donors (Lipinski definition) is 3. The molecule has 4 nitrogen and oxygen atoms in total. The highest BCUT2D eigenvalue weighted by Gasteiger charge is 2.51. The van der Waals surface area contributed by atoms with E-state index < -0.39 is 18.9 Å². The lowest BCUT2D eigenvalue weighted by Gasteiger charge is -2.35. The van der Waals surface area contributed by atoms with Crippen LogP contribution in [0.4, 0.5) is 0 Å². The second-order valence-electron chi connectivity index (χ2n) is 2.37. The molecule has 0 bridgehead atoms. The van der Waals surface area contributed by atoms with Gasteiger partial charge in [0.15, 0.2) is 5.34 Å². The van der Waals surface area contributed by atoms with Crippen LogP contribution in [0.5, 0.6) is 0 Å². The molecule has 0 aromatic rings. The van der Waals surface area contributed by atoms with E-state index in [0.29, 0.717) is 0 Å². The van der Waals surface area contributed by atoms with Crippen molar-refractivity contribution in [1.29, 1.82) is 0 Å².